The summed E-state index contributed by atoms with van der Waals surface area (Å²) in [5, 5.41) is 7.50. The topological polar surface area (TPSA) is 24.1 Å². The quantitative estimate of drug-likeness (QED) is 0.785. The van der Waals surface area contributed by atoms with Crippen LogP contribution in [-0.2, 0) is 0 Å². The van der Waals surface area contributed by atoms with Gasteiger partial charge in [0, 0.05) is 19.1 Å². The van der Waals surface area contributed by atoms with E-state index in [1.165, 1.54) is 45.3 Å². The van der Waals surface area contributed by atoms with E-state index in [0.717, 1.165) is 0 Å². The van der Waals surface area contributed by atoms with Gasteiger partial charge in [0.1, 0.15) is 0 Å². The maximum Gasteiger partial charge on any atom is 0.0181 e. The third-order valence-corrected chi connectivity index (χ3v) is 6.04. The SMILES string of the molecule is CCCC1(CNC2C(C)(C)C2(C)C)CCCNC1. The fourth-order valence-electron chi connectivity index (χ4n) is 4.04. The number of hydrogen-bond donors (Lipinski definition) is 2. The summed E-state index contributed by atoms with van der Waals surface area (Å²) < 4.78 is 0. The molecular weight excluding hydrogens is 220 g/mol. The van der Waals surface area contributed by atoms with Crippen LogP contribution in [-0.4, -0.2) is 25.7 Å². The van der Waals surface area contributed by atoms with Gasteiger partial charge in [-0.3, -0.25) is 0 Å². The van der Waals surface area contributed by atoms with Crippen molar-refractivity contribution in [3.05, 3.63) is 0 Å². The highest BCUT2D eigenvalue weighted by Gasteiger charge is 2.64. The molecule has 0 bridgehead atoms. The first kappa shape index (κ1) is 14.3. The zero-order chi connectivity index (χ0) is 13.4. The van der Waals surface area contributed by atoms with Gasteiger partial charge in [-0.25, -0.2) is 0 Å². The highest BCUT2D eigenvalue weighted by Crippen LogP contribution is 2.62. The van der Waals surface area contributed by atoms with Gasteiger partial charge in [-0.15, -0.1) is 0 Å². The van der Waals surface area contributed by atoms with Gasteiger partial charge in [-0.1, -0.05) is 41.0 Å². The summed E-state index contributed by atoms with van der Waals surface area (Å²) in [6.07, 6.45) is 5.41. The Morgan fingerprint density at radius 3 is 2.28 bits per heavy atom. The van der Waals surface area contributed by atoms with E-state index < -0.39 is 0 Å². The minimum absolute atomic E-state index is 0.461. The summed E-state index contributed by atoms with van der Waals surface area (Å²) in [7, 11) is 0. The van der Waals surface area contributed by atoms with E-state index in [1.54, 1.807) is 0 Å². The van der Waals surface area contributed by atoms with Crippen LogP contribution in [0.1, 0.15) is 60.3 Å². The van der Waals surface area contributed by atoms with E-state index in [2.05, 4.69) is 45.3 Å². The zero-order valence-corrected chi connectivity index (χ0v) is 13.0. The molecule has 106 valence electrons. The van der Waals surface area contributed by atoms with Gasteiger partial charge in [-0.05, 0) is 42.1 Å². The molecule has 2 heteroatoms. The number of rotatable bonds is 5. The maximum atomic E-state index is 3.89. The van der Waals surface area contributed by atoms with Crippen molar-refractivity contribution in [2.75, 3.05) is 19.6 Å². The summed E-state index contributed by atoms with van der Waals surface area (Å²) in [4.78, 5) is 0. The molecule has 0 aromatic heterocycles. The predicted molar refractivity (Wildman–Crippen MR) is 78.8 cm³/mol. The van der Waals surface area contributed by atoms with Crippen LogP contribution in [0.4, 0.5) is 0 Å². The molecule has 2 N–H and O–H groups in total. The molecule has 18 heavy (non-hydrogen) atoms. The first-order valence-corrected chi connectivity index (χ1v) is 7.80. The number of hydrogen-bond acceptors (Lipinski definition) is 2. The zero-order valence-electron chi connectivity index (χ0n) is 13.0. The van der Waals surface area contributed by atoms with Gasteiger partial charge in [0.25, 0.3) is 0 Å². The second kappa shape index (κ2) is 4.79. The van der Waals surface area contributed by atoms with Crippen LogP contribution >= 0.6 is 0 Å². The Kier molecular flexibility index (Phi) is 3.81. The molecule has 0 aromatic carbocycles. The Bertz CT molecular complexity index is 268. The molecular formula is C16H32N2. The average molecular weight is 252 g/mol. The number of nitrogens with one attached hydrogen (secondary N) is 2. The van der Waals surface area contributed by atoms with E-state index in [-0.39, 0.29) is 0 Å². The summed E-state index contributed by atoms with van der Waals surface area (Å²) in [6.45, 7) is 15.5. The first-order chi connectivity index (χ1) is 8.36. The second-order valence-corrected chi connectivity index (χ2v) is 7.79. The lowest BCUT2D eigenvalue weighted by atomic mass is 9.77. The van der Waals surface area contributed by atoms with Crippen LogP contribution in [0.2, 0.25) is 0 Å². The fraction of sp³-hybridized carbons (Fsp3) is 1.00. The molecule has 1 heterocycles. The highest BCUT2D eigenvalue weighted by atomic mass is 15.1. The molecule has 2 nitrogen and oxygen atoms in total. The fourth-order valence-corrected chi connectivity index (χ4v) is 4.04. The monoisotopic (exact) mass is 252 g/mol. The van der Waals surface area contributed by atoms with Crippen molar-refractivity contribution in [3.63, 3.8) is 0 Å². The van der Waals surface area contributed by atoms with Crippen molar-refractivity contribution in [3.8, 4) is 0 Å². The lowest BCUT2D eigenvalue weighted by Crippen LogP contribution is -2.47. The predicted octanol–water partition coefficient (Wildman–Crippen LogP) is 3.18. The van der Waals surface area contributed by atoms with E-state index in [1.807, 2.05) is 0 Å². The van der Waals surface area contributed by atoms with E-state index >= 15 is 0 Å². The van der Waals surface area contributed by atoms with Crippen LogP contribution in [0, 0.1) is 16.2 Å². The molecule has 1 saturated carbocycles. The van der Waals surface area contributed by atoms with Crippen LogP contribution in [0.15, 0.2) is 0 Å². The van der Waals surface area contributed by atoms with Gasteiger partial charge in [0.05, 0.1) is 0 Å². The van der Waals surface area contributed by atoms with E-state index in [4.69, 9.17) is 0 Å². The van der Waals surface area contributed by atoms with Crippen LogP contribution in [0.3, 0.4) is 0 Å². The minimum atomic E-state index is 0.461. The molecule has 0 amide bonds. The van der Waals surface area contributed by atoms with Gasteiger partial charge in [0.2, 0.25) is 0 Å². The summed E-state index contributed by atoms with van der Waals surface area (Å²) in [6, 6.07) is 0.695. The number of piperidine rings is 1. The molecule has 1 saturated heterocycles. The molecule has 0 aromatic rings. The standard InChI is InChI=1S/C16H32N2/c1-6-8-16(9-7-10-17-11-16)12-18-13-14(2,3)15(13,4)5/h13,17-18H,6-12H2,1-5H3. The highest BCUT2D eigenvalue weighted by molar-refractivity contribution is 5.18. The van der Waals surface area contributed by atoms with Crippen molar-refractivity contribution < 1.29 is 0 Å². The first-order valence-electron chi connectivity index (χ1n) is 7.80. The van der Waals surface area contributed by atoms with Crippen LogP contribution in [0.5, 0.6) is 0 Å². The van der Waals surface area contributed by atoms with Gasteiger partial charge < -0.3 is 10.6 Å². The largest absolute Gasteiger partial charge is 0.316 e. The molecule has 1 aliphatic heterocycles. The lowest BCUT2D eigenvalue weighted by Gasteiger charge is -2.38. The molecule has 2 rings (SSSR count). The minimum Gasteiger partial charge on any atom is -0.316 e. The van der Waals surface area contributed by atoms with Crippen molar-refractivity contribution in [1.82, 2.24) is 10.6 Å². The summed E-state index contributed by atoms with van der Waals surface area (Å²) >= 11 is 0. The summed E-state index contributed by atoms with van der Waals surface area (Å²) in [5.41, 5.74) is 1.44. The molecule has 1 unspecified atom stereocenters. The Labute approximate surface area is 113 Å². The Morgan fingerprint density at radius 2 is 1.83 bits per heavy atom. The van der Waals surface area contributed by atoms with E-state index in [0.29, 0.717) is 22.3 Å². The normalized spacial score (nSPS) is 34.5. The molecule has 2 fully saturated rings. The van der Waals surface area contributed by atoms with Crippen LogP contribution < -0.4 is 10.6 Å². The lowest BCUT2D eigenvalue weighted by molar-refractivity contribution is 0.179. The molecule has 0 spiro atoms. The van der Waals surface area contributed by atoms with Crippen molar-refractivity contribution in [2.24, 2.45) is 16.2 Å². The van der Waals surface area contributed by atoms with Crippen molar-refractivity contribution >= 4 is 0 Å². The van der Waals surface area contributed by atoms with Gasteiger partial charge in [-0.2, -0.15) is 0 Å². The molecule has 1 aliphatic carbocycles. The van der Waals surface area contributed by atoms with Gasteiger partial charge in [0.15, 0.2) is 0 Å². The third kappa shape index (κ3) is 2.34. The van der Waals surface area contributed by atoms with E-state index in [9.17, 15) is 0 Å². The molecule has 1 atom stereocenters. The van der Waals surface area contributed by atoms with Crippen LogP contribution in [0.25, 0.3) is 0 Å². The Hall–Kier alpha value is -0.0800. The maximum absolute atomic E-state index is 3.89. The van der Waals surface area contributed by atoms with Crippen molar-refractivity contribution in [1.29, 1.82) is 0 Å². The Balaban J connectivity index is 1.91. The summed E-state index contributed by atoms with van der Waals surface area (Å²) in [5.74, 6) is 0. The smallest absolute Gasteiger partial charge is 0.0181 e. The second-order valence-electron chi connectivity index (χ2n) is 7.79. The Morgan fingerprint density at radius 1 is 1.17 bits per heavy atom. The van der Waals surface area contributed by atoms with Gasteiger partial charge >= 0.3 is 0 Å². The third-order valence-electron chi connectivity index (χ3n) is 6.04. The molecule has 0 radical (unpaired) electrons. The molecule has 2 aliphatic rings. The average Bonchev–Trinajstić information content (AvgIpc) is 2.69. The van der Waals surface area contributed by atoms with Crippen molar-refractivity contribution in [2.45, 2.75) is 66.3 Å².